The number of carbonyl (C=O) groups is 1. The van der Waals surface area contributed by atoms with Gasteiger partial charge in [-0.25, -0.2) is 13.9 Å². The summed E-state index contributed by atoms with van der Waals surface area (Å²) in [5.74, 6) is 0.782. The first kappa shape index (κ1) is 21.4. The van der Waals surface area contributed by atoms with Gasteiger partial charge in [-0.1, -0.05) is 6.92 Å². The third kappa shape index (κ3) is 11.6. The van der Waals surface area contributed by atoms with Gasteiger partial charge < -0.3 is 26.7 Å². The summed E-state index contributed by atoms with van der Waals surface area (Å²) in [5, 5.41) is 0. The van der Waals surface area contributed by atoms with Crippen LogP contribution in [-0.4, -0.2) is 37.1 Å². The lowest BCUT2D eigenvalue weighted by atomic mass is 10.3. The molecule has 0 saturated carbocycles. The fourth-order valence-electron chi connectivity index (χ4n) is 1.47. The van der Waals surface area contributed by atoms with Crippen molar-refractivity contribution in [3.05, 3.63) is 18.2 Å². The number of carbonyl (C=O) groups excluding carboxylic acids is 1. The zero-order valence-electron chi connectivity index (χ0n) is 13.8. The second-order valence-corrected chi connectivity index (χ2v) is 4.89. The fraction of sp³-hybridized carbons (Fsp3) is 0.692. The molecule has 5 nitrogen and oxygen atoms in total. The first-order valence-electron chi connectivity index (χ1n) is 7.20. The van der Waals surface area contributed by atoms with Gasteiger partial charge in [0.05, 0.1) is 19.8 Å². The smallest absolute Gasteiger partial charge is 0.460 e. The lowest BCUT2D eigenvalue weighted by molar-refractivity contribution is -0.677. The van der Waals surface area contributed by atoms with Crippen LogP contribution in [0.5, 0.6) is 0 Å². The lowest BCUT2D eigenvalue weighted by Crippen LogP contribution is -2.30. The van der Waals surface area contributed by atoms with E-state index >= 15 is 0 Å². The van der Waals surface area contributed by atoms with Gasteiger partial charge in [0.2, 0.25) is 0 Å². The monoisotopic (exact) mass is 342 g/mol. The quantitative estimate of drug-likeness (QED) is 0.251. The normalized spacial score (nSPS) is 12.3. The Labute approximate surface area is 133 Å². The van der Waals surface area contributed by atoms with Gasteiger partial charge in [0.25, 0.3) is 5.82 Å². The molecule has 0 radical (unpaired) electrons. The summed E-state index contributed by atoms with van der Waals surface area (Å²) in [6, 6.07) is 0. The molecule has 1 aromatic heterocycles. The highest BCUT2D eigenvalue weighted by Gasteiger charge is 2.20. The van der Waals surface area contributed by atoms with Crippen molar-refractivity contribution < 1.29 is 36.1 Å². The molecule has 10 heteroatoms. The number of halogens is 4. The van der Waals surface area contributed by atoms with Crippen LogP contribution in [0.3, 0.4) is 0 Å². The average Bonchev–Trinajstić information content (AvgIpc) is 2.73. The van der Waals surface area contributed by atoms with Crippen LogP contribution < -0.4 is 4.57 Å². The molecule has 0 fully saturated rings. The van der Waals surface area contributed by atoms with Crippen molar-refractivity contribution >= 4 is 13.2 Å². The predicted octanol–water partition coefficient (Wildman–Crippen LogP) is 2.28. The number of rotatable bonds is 7. The first-order valence-corrected chi connectivity index (χ1v) is 7.20. The predicted molar refractivity (Wildman–Crippen MR) is 77.2 cm³/mol. The van der Waals surface area contributed by atoms with Gasteiger partial charge in [-0.2, -0.15) is 0 Å². The Balaban J connectivity index is 0.000000841. The van der Waals surface area contributed by atoms with Crippen LogP contribution in [-0.2, 0) is 27.9 Å². The van der Waals surface area contributed by atoms with Crippen LogP contribution in [0.2, 0.25) is 0 Å². The Kier molecular flexibility index (Phi) is 9.55. The third-order valence-electron chi connectivity index (χ3n) is 3.02. The highest BCUT2D eigenvalue weighted by molar-refractivity contribution is 6.50. The molecule has 1 aromatic rings. The van der Waals surface area contributed by atoms with Crippen molar-refractivity contribution in [2.75, 3.05) is 13.2 Å². The lowest BCUT2D eigenvalue weighted by Gasteiger charge is -2.10. The van der Waals surface area contributed by atoms with Crippen LogP contribution >= 0.6 is 0 Å². The summed E-state index contributed by atoms with van der Waals surface area (Å²) < 4.78 is 53.4. The zero-order chi connectivity index (χ0) is 18.0. The van der Waals surface area contributed by atoms with Crippen LogP contribution in [0.4, 0.5) is 17.3 Å². The topological polar surface area (TPSA) is 44.3 Å². The van der Waals surface area contributed by atoms with E-state index in [1.807, 2.05) is 42.4 Å². The van der Waals surface area contributed by atoms with E-state index in [9.17, 15) is 22.1 Å². The van der Waals surface area contributed by atoms with Crippen LogP contribution in [0.1, 0.15) is 26.1 Å². The largest absolute Gasteiger partial charge is 0.673 e. The molecule has 1 atom stereocenters. The molecule has 0 bridgehead atoms. The molecule has 0 saturated heterocycles. The second kappa shape index (κ2) is 10.2. The van der Waals surface area contributed by atoms with Gasteiger partial charge in [-0.3, -0.25) is 0 Å². The van der Waals surface area contributed by atoms with Gasteiger partial charge in [-0.15, -0.1) is 0 Å². The molecule has 0 amide bonds. The van der Waals surface area contributed by atoms with Crippen LogP contribution in [0, 0.1) is 6.92 Å². The van der Waals surface area contributed by atoms with E-state index < -0.39 is 7.25 Å². The minimum atomic E-state index is -6.00. The third-order valence-corrected chi connectivity index (χ3v) is 3.02. The van der Waals surface area contributed by atoms with Crippen molar-refractivity contribution in [3.8, 4) is 0 Å². The highest BCUT2D eigenvalue weighted by Crippen LogP contribution is 2.06. The number of hydrogen-bond donors (Lipinski definition) is 0. The number of aromatic nitrogens is 2. The number of ether oxygens (including phenoxy) is 2. The number of aryl methyl sites for hydroxylation is 1. The molecule has 134 valence electrons. The molecule has 0 aliphatic rings. The van der Waals surface area contributed by atoms with Crippen LogP contribution in [0.15, 0.2) is 12.4 Å². The molecule has 1 heterocycles. The Morgan fingerprint density at radius 3 is 2.35 bits per heavy atom. The van der Waals surface area contributed by atoms with E-state index in [0.29, 0.717) is 13.2 Å². The Hall–Kier alpha value is -1.58. The van der Waals surface area contributed by atoms with Crippen molar-refractivity contribution in [2.24, 2.45) is 7.05 Å². The van der Waals surface area contributed by atoms with Gasteiger partial charge in [0.1, 0.15) is 19.0 Å². The van der Waals surface area contributed by atoms with Gasteiger partial charge in [-0.05, 0) is 13.3 Å². The zero-order valence-corrected chi connectivity index (χ0v) is 13.8. The van der Waals surface area contributed by atoms with E-state index in [0.717, 1.165) is 12.2 Å². The molecule has 1 rings (SSSR count). The molecular formula is C13H23BF4N2O3. The maximum absolute atomic E-state index is 11.6. The standard InChI is InChI=1S/C13H23N2O3.BF4/c1-5-11(2)17-8-9-18-13(16)10-15-7-6-14(4)12(15)3;2-1(3,4)5/h6-7,11H,5,8-10H2,1-4H3;/q+1;-1. The molecule has 23 heavy (non-hydrogen) atoms. The molecule has 0 N–H and O–H groups in total. The molecule has 0 spiro atoms. The SMILES string of the molecule is CCC(C)OCCOC(=O)Cn1cc[n+](C)c1C.F[B-](F)(F)F. The Bertz CT molecular complexity index is 474. The van der Waals surface area contributed by atoms with E-state index in [1.165, 1.54) is 0 Å². The van der Waals surface area contributed by atoms with Crippen molar-refractivity contribution in [1.29, 1.82) is 0 Å². The summed E-state index contributed by atoms with van der Waals surface area (Å²) in [6.45, 7) is 7.04. The maximum atomic E-state index is 11.6. The van der Waals surface area contributed by atoms with E-state index in [1.54, 1.807) is 0 Å². The van der Waals surface area contributed by atoms with Gasteiger partial charge in [0.15, 0.2) is 6.54 Å². The van der Waals surface area contributed by atoms with E-state index in [4.69, 9.17) is 9.47 Å². The highest BCUT2D eigenvalue weighted by atomic mass is 19.5. The summed E-state index contributed by atoms with van der Waals surface area (Å²) in [5.41, 5.74) is 0. The first-order chi connectivity index (χ1) is 10.5. The van der Waals surface area contributed by atoms with E-state index in [2.05, 4.69) is 6.92 Å². The van der Waals surface area contributed by atoms with Crippen molar-refractivity contribution in [1.82, 2.24) is 4.57 Å². The maximum Gasteiger partial charge on any atom is 0.673 e. The van der Waals surface area contributed by atoms with E-state index in [-0.39, 0.29) is 18.6 Å². The fourth-order valence-corrected chi connectivity index (χ4v) is 1.47. The molecule has 0 aliphatic carbocycles. The molecular weight excluding hydrogens is 319 g/mol. The minimum absolute atomic E-state index is 0.217. The van der Waals surface area contributed by atoms with Crippen LogP contribution in [0.25, 0.3) is 0 Å². The summed E-state index contributed by atoms with van der Waals surface area (Å²) in [6.07, 6.45) is 4.96. The number of imidazole rings is 1. The Morgan fingerprint density at radius 1 is 1.35 bits per heavy atom. The van der Waals surface area contributed by atoms with Gasteiger partial charge in [0, 0.05) is 6.92 Å². The number of nitrogens with zero attached hydrogens (tertiary/aromatic N) is 2. The average molecular weight is 342 g/mol. The minimum Gasteiger partial charge on any atom is -0.460 e. The molecule has 0 aliphatic heterocycles. The Morgan fingerprint density at radius 2 is 1.91 bits per heavy atom. The number of esters is 1. The molecule has 0 aromatic carbocycles. The summed E-state index contributed by atoms with van der Waals surface area (Å²) in [4.78, 5) is 11.6. The van der Waals surface area contributed by atoms with Crippen molar-refractivity contribution in [2.45, 2.75) is 39.8 Å². The number of hydrogen-bond acceptors (Lipinski definition) is 3. The molecule has 1 unspecified atom stereocenters. The summed E-state index contributed by atoms with van der Waals surface area (Å²) in [7, 11) is -4.06. The second-order valence-electron chi connectivity index (χ2n) is 4.89. The summed E-state index contributed by atoms with van der Waals surface area (Å²) >= 11 is 0. The van der Waals surface area contributed by atoms with Gasteiger partial charge >= 0.3 is 13.2 Å². The van der Waals surface area contributed by atoms with Crippen molar-refractivity contribution in [3.63, 3.8) is 0 Å².